The van der Waals surface area contributed by atoms with E-state index in [4.69, 9.17) is 17.3 Å². The van der Waals surface area contributed by atoms with Crippen LogP contribution in [-0.2, 0) is 23.8 Å². The second-order valence-electron chi connectivity index (χ2n) is 6.93. The average Bonchev–Trinajstić information content (AvgIpc) is 3.35. The summed E-state index contributed by atoms with van der Waals surface area (Å²) in [6.07, 6.45) is -1.27. The number of carbonyl (C=O) groups excluding carboxylic acids is 2. The smallest absolute Gasteiger partial charge is 0.365 e. The van der Waals surface area contributed by atoms with Crippen molar-refractivity contribution in [3.8, 4) is 0 Å². The molecule has 3 N–H and O–H groups in total. The Kier molecular flexibility index (Phi) is 5.64. The maximum Gasteiger partial charge on any atom is 0.417 e. The van der Waals surface area contributed by atoms with Crippen molar-refractivity contribution in [3.05, 3.63) is 38.9 Å². The number of carbonyl (C=O) groups is 2. The number of halogens is 4. The van der Waals surface area contributed by atoms with E-state index >= 15 is 0 Å². The number of amides is 2. The molecule has 0 bridgehead atoms. The van der Waals surface area contributed by atoms with Gasteiger partial charge < -0.3 is 11.1 Å². The summed E-state index contributed by atoms with van der Waals surface area (Å²) in [5, 5.41) is 9.92. The second kappa shape index (κ2) is 7.99. The van der Waals surface area contributed by atoms with Crippen LogP contribution < -0.4 is 11.1 Å². The molecule has 3 aromatic rings. The lowest BCUT2D eigenvalue weighted by atomic mass is 10.1. The zero-order chi connectivity index (χ0) is 22.5. The van der Waals surface area contributed by atoms with Crippen molar-refractivity contribution in [2.45, 2.75) is 42.8 Å². The molecule has 1 unspecified atom stereocenters. The molecular weight excluding hydrogens is 475 g/mol. The van der Waals surface area contributed by atoms with E-state index in [-0.39, 0.29) is 15.8 Å². The minimum atomic E-state index is -4.60. The highest BCUT2D eigenvalue weighted by Crippen LogP contribution is 2.39. The first kappa shape index (κ1) is 21.9. The lowest BCUT2D eigenvalue weighted by Gasteiger charge is -2.12. The molecule has 0 saturated carbocycles. The fraction of sp³-hybridized carbons (Fsp3) is 0.333. The summed E-state index contributed by atoms with van der Waals surface area (Å²) in [6, 6.07) is 0.775. The van der Waals surface area contributed by atoms with Crippen LogP contribution in [0.15, 0.2) is 17.4 Å². The number of aromatic nitrogens is 3. The van der Waals surface area contributed by atoms with Crippen LogP contribution in [0, 0.1) is 0 Å². The number of rotatable bonds is 5. The number of fused-ring (bicyclic) bond motifs is 2. The highest BCUT2D eigenvalue weighted by Gasteiger charge is 2.33. The van der Waals surface area contributed by atoms with Gasteiger partial charge in [0.25, 0.3) is 5.91 Å². The van der Waals surface area contributed by atoms with E-state index in [1.165, 1.54) is 11.3 Å². The summed E-state index contributed by atoms with van der Waals surface area (Å²) in [4.78, 5) is 25.6. The van der Waals surface area contributed by atoms with Crippen LogP contribution >= 0.6 is 34.7 Å². The summed E-state index contributed by atoms with van der Waals surface area (Å²) < 4.78 is 40.5. The van der Waals surface area contributed by atoms with E-state index in [0.717, 1.165) is 58.1 Å². The van der Waals surface area contributed by atoms with Gasteiger partial charge in [0.05, 0.1) is 21.4 Å². The van der Waals surface area contributed by atoms with E-state index in [1.807, 2.05) is 0 Å². The zero-order valence-corrected chi connectivity index (χ0v) is 18.3. The molecule has 0 fully saturated rings. The van der Waals surface area contributed by atoms with Crippen molar-refractivity contribution in [1.82, 2.24) is 14.6 Å². The van der Waals surface area contributed by atoms with Gasteiger partial charge in [0.15, 0.2) is 10.8 Å². The van der Waals surface area contributed by atoms with Crippen molar-refractivity contribution in [2.75, 3.05) is 5.32 Å². The van der Waals surface area contributed by atoms with Crippen LogP contribution in [0.1, 0.15) is 39.7 Å². The van der Waals surface area contributed by atoms with E-state index in [0.29, 0.717) is 10.6 Å². The predicted molar refractivity (Wildman–Crippen MR) is 112 cm³/mol. The zero-order valence-electron chi connectivity index (χ0n) is 15.9. The number of hydrogen-bond donors (Lipinski definition) is 2. The second-order valence-corrected chi connectivity index (χ2v) is 9.75. The molecule has 0 radical (unpaired) electrons. The Labute approximate surface area is 187 Å². The Bertz CT molecular complexity index is 1210. The van der Waals surface area contributed by atoms with Crippen molar-refractivity contribution < 1.29 is 22.8 Å². The number of thioether (sulfide) groups is 1. The molecule has 0 aromatic carbocycles. The third-order valence-corrected chi connectivity index (χ3v) is 7.35. The van der Waals surface area contributed by atoms with E-state index in [2.05, 4.69) is 15.5 Å². The number of nitrogens with zero attached hydrogens (tertiary/aromatic N) is 3. The number of hydrogen-bond acceptors (Lipinski definition) is 6. The lowest BCUT2D eigenvalue weighted by Crippen LogP contribution is -2.24. The first-order chi connectivity index (χ1) is 14.6. The summed E-state index contributed by atoms with van der Waals surface area (Å²) >= 11 is 8.16. The third kappa shape index (κ3) is 4.11. The predicted octanol–water partition coefficient (Wildman–Crippen LogP) is 4.17. The number of alkyl halides is 3. The van der Waals surface area contributed by atoms with Crippen molar-refractivity contribution in [2.24, 2.45) is 5.73 Å². The number of thiophene rings is 1. The van der Waals surface area contributed by atoms with Gasteiger partial charge >= 0.3 is 6.18 Å². The number of nitrogens with one attached hydrogen (secondary N) is 1. The van der Waals surface area contributed by atoms with Gasteiger partial charge in [-0.1, -0.05) is 23.4 Å². The molecule has 0 saturated heterocycles. The topological polar surface area (TPSA) is 102 Å². The molecule has 7 nitrogen and oxygen atoms in total. The number of nitrogens with two attached hydrogens (primary N) is 1. The Hall–Kier alpha value is -2.31. The van der Waals surface area contributed by atoms with Crippen LogP contribution in [0.25, 0.3) is 5.65 Å². The van der Waals surface area contributed by atoms with Crippen LogP contribution in [-0.4, -0.2) is 31.7 Å². The van der Waals surface area contributed by atoms with Gasteiger partial charge in [-0.2, -0.15) is 13.2 Å². The van der Waals surface area contributed by atoms with Gasteiger partial charge in [0.2, 0.25) is 5.91 Å². The van der Waals surface area contributed by atoms with Crippen LogP contribution in [0.5, 0.6) is 0 Å². The quantitative estimate of drug-likeness (QED) is 0.524. The number of pyridine rings is 1. The molecule has 3 aromatic heterocycles. The summed E-state index contributed by atoms with van der Waals surface area (Å²) in [6.45, 7) is 1.57. The summed E-state index contributed by atoms with van der Waals surface area (Å²) in [5.41, 5.74) is 5.81. The molecule has 13 heteroatoms. The first-order valence-corrected chi connectivity index (χ1v) is 11.2. The van der Waals surface area contributed by atoms with E-state index in [9.17, 15) is 22.8 Å². The number of aryl methyl sites for hydroxylation is 1. The van der Waals surface area contributed by atoms with Crippen molar-refractivity contribution in [1.29, 1.82) is 0 Å². The molecule has 31 heavy (non-hydrogen) atoms. The highest BCUT2D eigenvalue weighted by atomic mass is 35.5. The molecule has 0 spiro atoms. The van der Waals surface area contributed by atoms with Gasteiger partial charge in [0, 0.05) is 11.1 Å². The molecule has 2 amide bonds. The Morgan fingerprint density at radius 1 is 1.35 bits per heavy atom. The molecule has 4 rings (SSSR count). The highest BCUT2D eigenvalue weighted by molar-refractivity contribution is 8.00. The Balaban J connectivity index is 1.57. The Morgan fingerprint density at radius 2 is 2.10 bits per heavy atom. The monoisotopic (exact) mass is 489 g/mol. The molecule has 164 valence electrons. The standard InChI is InChI=1S/C18H15ClF3N5O2S2/c1-7(15(29)24-16-12(13(23)28)9-3-2-4-11(9)31-16)30-17-26-25-14-10(19)5-8(6-27(14)17)18(20,21)22/h5-7H,2-4H2,1H3,(H2,23,28)(H,24,29). The van der Waals surface area contributed by atoms with Crippen LogP contribution in [0.4, 0.5) is 18.2 Å². The molecule has 3 heterocycles. The van der Waals surface area contributed by atoms with Gasteiger partial charge in [-0.3, -0.25) is 14.0 Å². The maximum atomic E-state index is 13.1. The molecular formula is C18H15ClF3N5O2S2. The maximum absolute atomic E-state index is 13.1. The third-order valence-electron chi connectivity index (χ3n) is 4.81. The van der Waals surface area contributed by atoms with Gasteiger partial charge in [-0.05, 0) is 37.8 Å². The van der Waals surface area contributed by atoms with Gasteiger partial charge in [-0.15, -0.1) is 21.5 Å². The first-order valence-electron chi connectivity index (χ1n) is 9.09. The SMILES string of the molecule is CC(Sc1nnc2c(Cl)cc(C(F)(F)F)cn12)C(=O)Nc1sc2c(c1C(N)=O)CCC2. The van der Waals surface area contributed by atoms with Crippen LogP contribution in [0.3, 0.4) is 0 Å². The van der Waals surface area contributed by atoms with Crippen molar-refractivity contribution >= 4 is 57.2 Å². The lowest BCUT2D eigenvalue weighted by molar-refractivity contribution is -0.137. The number of primary amides is 1. The summed E-state index contributed by atoms with van der Waals surface area (Å²) in [7, 11) is 0. The number of anilines is 1. The molecule has 1 aliphatic carbocycles. The normalized spacial score (nSPS) is 14.6. The van der Waals surface area contributed by atoms with Gasteiger partial charge in [0.1, 0.15) is 5.00 Å². The fourth-order valence-electron chi connectivity index (χ4n) is 3.35. The molecule has 0 aliphatic heterocycles. The molecule has 1 atom stereocenters. The minimum absolute atomic E-state index is 0.0514. The largest absolute Gasteiger partial charge is 0.417 e. The Morgan fingerprint density at radius 3 is 2.77 bits per heavy atom. The van der Waals surface area contributed by atoms with E-state index < -0.39 is 28.8 Å². The average molecular weight is 490 g/mol. The summed E-state index contributed by atoms with van der Waals surface area (Å²) in [5.74, 6) is -1.05. The minimum Gasteiger partial charge on any atom is -0.365 e. The van der Waals surface area contributed by atoms with Crippen molar-refractivity contribution in [3.63, 3.8) is 0 Å². The van der Waals surface area contributed by atoms with E-state index in [1.54, 1.807) is 6.92 Å². The molecule has 1 aliphatic rings. The van der Waals surface area contributed by atoms with Crippen LogP contribution in [0.2, 0.25) is 5.02 Å². The fourth-order valence-corrected chi connectivity index (χ4v) is 5.71. The van der Waals surface area contributed by atoms with Gasteiger partial charge in [-0.25, -0.2) is 0 Å².